The van der Waals surface area contributed by atoms with Crippen LogP contribution in [0.1, 0.15) is 22.3 Å². The molecule has 1 heterocycles. The van der Waals surface area contributed by atoms with Gasteiger partial charge >= 0.3 is 0 Å². The molecule has 1 aromatic heterocycles. The van der Waals surface area contributed by atoms with Gasteiger partial charge in [0.1, 0.15) is 0 Å². The number of anilines is 2. The summed E-state index contributed by atoms with van der Waals surface area (Å²) in [4.78, 5) is 0. The molecule has 9 aromatic carbocycles. The Hall–Kier alpha value is -7.16. The van der Waals surface area contributed by atoms with E-state index in [9.17, 15) is 0 Å². The predicted octanol–water partition coefficient (Wildman–Crippen LogP) is 13.7. The Balaban J connectivity index is 1.08. The van der Waals surface area contributed by atoms with Crippen LogP contribution in [-0.2, 0) is 5.41 Å². The summed E-state index contributed by atoms with van der Waals surface area (Å²) in [6, 6.07) is 77.7. The maximum atomic E-state index is 3.85. The average Bonchev–Trinajstić information content (AvgIpc) is 3.74. The summed E-state index contributed by atoms with van der Waals surface area (Å²) < 4.78 is 2.36. The molecular formula is C53H36N2. The molecule has 55 heavy (non-hydrogen) atoms. The van der Waals surface area contributed by atoms with Crippen molar-refractivity contribution in [3.05, 3.63) is 235 Å². The minimum absolute atomic E-state index is 0.523. The van der Waals surface area contributed by atoms with E-state index in [1.54, 1.807) is 0 Å². The van der Waals surface area contributed by atoms with Crippen LogP contribution >= 0.6 is 0 Å². The molecule has 11 rings (SSSR count). The first kappa shape index (κ1) is 31.4. The van der Waals surface area contributed by atoms with Crippen molar-refractivity contribution >= 4 is 44.0 Å². The molecule has 2 nitrogen and oxygen atoms in total. The monoisotopic (exact) mass is 700 g/mol. The number of fused-ring (bicyclic) bond motifs is 7. The Bertz CT molecular complexity index is 3010. The Morgan fingerprint density at radius 1 is 0.364 bits per heavy atom. The van der Waals surface area contributed by atoms with Crippen LogP contribution in [0.25, 0.3) is 60.5 Å². The number of nitrogens with zero attached hydrogens (tertiary/aromatic N) is 1. The van der Waals surface area contributed by atoms with Crippen LogP contribution in [0.5, 0.6) is 0 Å². The van der Waals surface area contributed by atoms with Crippen molar-refractivity contribution in [2.24, 2.45) is 0 Å². The second-order valence-corrected chi connectivity index (χ2v) is 14.6. The summed E-state index contributed by atoms with van der Waals surface area (Å²) in [5, 5.41) is 8.82. The Morgan fingerprint density at radius 2 is 0.909 bits per heavy atom. The second-order valence-electron chi connectivity index (χ2n) is 14.6. The van der Waals surface area contributed by atoms with Crippen LogP contribution in [-0.4, -0.2) is 4.57 Å². The summed E-state index contributed by atoms with van der Waals surface area (Å²) in [5.74, 6) is 0. The van der Waals surface area contributed by atoms with Crippen molar-refractivity contribution in [1.82, 2.24) is 4.57 Å². The predicted molar refractivity (Wildman–Crippen MR) is 231 cm³/mol. The number of hydrogen-bond acceptors (Lipinski definition) is 1. The topological polar surface area (TPSA) is 17.0 Å². The SMILES string of the molecule is c1ccc(-n2c3ccccc3c3cc(Nc4ccc5c(c4)C(c4ccccc4)(c4ccccc4)c4cc(-c6ccc7ccccc7c6)ccc4-5)ccc32)cc1. The van der Waals surface area contributed by atoms with Gasteiger partial charge in [-0.05, 0) is 116 Å². The summed E-state index contributed by atoms with van der Waals surface area (Å²) in [5.41, 5.74) is 15.2. The fourth-order valence-electron chi connectivity index (χ4n) is 9.19. The minimum Gasteiger partial charge on any atom is -0.355 e. The molecule has 0 amide bonds. The molecule has 0 bridgehead atoms. The lowest BCUT2D eigenvalue weighted by molar-refractivity contribution is 0.769. The normalized spacial score (nSPS) is 12.9. The van der Waals surface area contributed by atoms with Crippen LogP contribution < -0.4 is 5.32 Å². The van der Waals surface area contributed by atoms with Gasteiger partial charge in [-0.25, -0.2) is 0 Å². The van der Waals surface area contributed by atoms with E-state index in [4.69, 9.17) is 0 Å². The fourth-order valence-corrected chi connectivity index (χ4v) is 9.19. The highest BCUT2D eigenvalue weighted by Gasteiger charge is 2.46. The highest BCUT2D eigenvalue weighted by Crippen LogP contribution is 2.57. The van der Waals surface area contributed by atoms with E-state index in [-0.39, 0.29) is 0 Å². The summed E-state index contributed by atoms with van der Waals surface area (Å²) in [7, 11) is 0. The van der Waals surface area contributed by atoms with Crippen LogP contribution in [0.3, 0.4) is 0 Å². The lowest BCUT2D eigenvalue weighted by Gasteiger charge is -2.34. The number of nitrogens with one attached hydrogen (secondary N) is 1. The van der Waals surface area contributed by atoms with Crippen molar-refractivity contribution in [1.29, 1.82) is 0 Å². The highest BCUT2D eigenvalue weighted by atomic mass is 15.0. The molecule has 0 saturated heterocycles. The lowest BCUT2D eigenvalue weighted by Crippen LogP contribution is -2.28. The Kier molecular flexibility index (Phi) is 7.11. The maximum Gasteiger partial charge on any atom is 0.0714 e. The van der Waals surface area contributed by atoms with E-state index in [1.807, 2.05) is 0 Å². The van der Waals surface area contributed by atoms with Crippen molar-refractivity contribution in [3.8, 4) is 27.9 Å². The molecular weight excluding hydrogens is 665 g/mol. The number of aromatic nitrogens is 1. The summed E-state index contributed by atoms with van der Waals surface area (Å²) in [6.45, 7) is 0. The van der Waals surface area contributed by atoms with Crippen LogP contribution in [0.15, 0.2) is 212 Å². The zero-order valence-electron chi connectivity index (χ0n) is 30.2. The average molecular weight is 701 g/mol. The van der Waals surface area contributed by atoms with E-state index in [0.29, 0.717) is 0 Å². The molecule has 0 aliphatic heterocycles. The Morgan fingerprint density at radius 3 is 1.67 bits per heavy atom. The van der Waals surface area contributed by atoms with Gasteiger partial charge in [0.25, 0.3) is 0 Å². The molecule has 0 unspecified atom stereocenters. The minimum atomic E-state index is -0.523. The van der Waals surface area contributed by atoms with Crippen molar-refractivity contribution in [2.75, 3.05) is 5.32 Å². The molecule has 1 aliphatic rings. The quantitative estimate of drug-likeness (QED) is 0.183. The van der Waals surface area contributed by atoms with E-state index in [2.05, 4.69) is 222 Å². The summed E-state index contributed by atoms with van der Waals surface area (Å²) >= 11 is 0. The van der Waals surface area contributed by atoms with Gasteiger partial charge in [-0.1, -0.05) is 152 Å². The zero-order valence-corrected chi connectivity index (χ0v) is 30.2. The molecule has 0 radical (unpaired) electrons. The fraction of sp³-hybridized carbons (Fsp3) is 0.0189. The third-order valence-corrected chi connectivity index (χ3v) is 11.6. The molecule has 0 saturated carbocycles. The number of hydrogen-bond donors (Lipinski definition) is 1. The van der Waals surface area contributed by atoms with Crippen LogP contribution in [0.4, 0.5) is 11.4 Å². The molecule has 10 aromatic rings. The van der Waals surface area contributed by atoms with Gasteiger partial charge in [0.2, 0.25) is 0 Å². The van der Waals surface area contributed by atoms with Gasteiger partial charge in [-0.15, -0.1) is 0 Å². The second kappa shape index (κ2) is 12.5. The maximum absolute atomic E-state index is 3.85. The van der Waals surface area contributed by atoms with Gasteiger partial charge in [0.05, 0.1) is 16.4 Å². The van der Waals surface area contributed by atoms with Crippen molar-refractivity contribution in [2.45, 2.75) is 5.41 Å². The van der Waals surface area contributed by atoms with Crippen LogP contribution in [0.2, 0.25) is 0 Å². The van der Waals surface area contributed by atoms with E-state index < -0.39 is 5.41 Å². The molecule has 258 valence electrons. The van der Waals surface area contributed by atoms with Crippen LogP contribution in [0, 0.1) is 0 Å². The van der Waals surface area contributed by atoms with Gasteiger partial charge in [0.15, 0.2) is 0 Å². The van der Waals surface area contributed by atoms with Crippen molar-refractivity contribution < 1.29 is 0 Å². The largest absolute Gasteiger partial charge is 0.355 e. The number of benzene rings is 9. The third-order valence-electron chi connectivity index (χ3n) is 11.6. The molecule has 1 N–H and O–H groups in total. The van der Waals surface area contributed by atoms with Gasteiger partial charge in [-0.2, -0.15) is 0 Å². The van der Waals surface area contributed by atoms with E-state index in [1.165, 1.54) is 77.1 Å². The van der Waals surface area contributed by atoms with Crippen molar-refractivity contribution in [3.63, 3.8) is 0 Å². The molecule has 0 fully saturated rings. The molecule has 1 aliphatic carbocycles. The lowest BCUT2D eigenvalue weighted by atomic mass is 9.67. The molecule has 0 atom stereocenters. The van der Waals surface area contributed by atoms with E-state index >= 15 is 0 Å². The van der Waals surface area contributed by atoms with Gasteiger partial charge in [0, 0.05) is 27.8 Å². The smallest absolute Gasteiger partial charge is 0.0714 e. The Labute approximate surface area is 320 Å². The zero-order chi connectivity index (χ0) is 36.3. The standard InChI is InChI=1S/C53H36N2/c1-4-16-40(17-5-1)53(41-18-6-2-7-19-41)49-33-39(38-25-24-36-14-10-11-15-37(36)32-38)26-29-45(49)46-30-27-43(35-50(46)53)54-42-28-31-52-48(34-42)47-22-12-13-23-51(47)55(52)44-20-8-3-9-21-44/h1-35,54H. The van der Waals surface area contributed by atoms with Gasteiger partial charge < -0.3 is 9.88 Å². The summed E-state index contributed by atoms with van der Waals surface area (Å²) in [6.07, 6.45) is 0. The first-order valence-corrected chi connectivity index (χ1v) is 19.0. The first-order chi connectivity index (χ1) is 27.3. The highest BCUT2D eigenvalue weighted by molar-refractivity contribution is 6.10. The number of para-hydroxylation sites is 2. The molecule has 0 spiro atoms. The number of rotatable bonds is 6. The first-order valence-electron chi connectivity index (χ1n) is 19.0. The third kappa shape index (κ3) is 4.89. The molecule has 2 heteroatoms. The van der Waals surface area contributed by atoms with Gasteiger partial charge in [-0.3, -0.25) is 0 Å². The van der Waals surface area contributed by atoms with E-state index in [0.717, 1.165) is 17.1 Å².